The summed E-state index contributed by atoms with van der Waals surface area (Å²) in [6.07, 6.45) is 3.77. The minimum absolute atomic E-state index is 0.309. The second kappa shape index (κ2) is 9.77. The van der Waals surface area contributed by atoms with E-state index < -0.39 is 18.0 Å². The third kappa shape index (κ3) is 5.72. The first-order valence-corrected chi connectivity index (χ1v) is 7.72. The summed E-state index contributed by atoms with van der Waals surface area (Å²) in [6.45, 7) is 5.87. The van der Waals surface area contributed by atoms with E-state index >= 15 is 0 Å². The lowest BCUT2D eigenvalue weighted by Crippen LogP contribution is -2.32. The maximum Gasteiger partial charge on any atom is 0.331 e. The number of benzene rings is 1. The fourth-order valence-electron chi connectivity index (χ4n) is 2.20. The van der Waals surface area contributed by atoms with E-state index in [1.165, 1.54) is 6.08 Å². The summed E-state index contributed by atoms with van der Waals surface area (Å²) >= 11 is 0. The topological polar surface area (TPSA) is 52.6 Å². The molecular weight excluding hydrogens is 280 g/mol. The van der Waals surface area contributed by atoms with Gasteiger partial charge in [0.15, 0.2) is 0 Å². The molecule has 0 aliphatic carbocycles. The Bertz CT molecular complexity index is 493. The van der Waals surface area contributed by atoms with Crippen molar-refractivity contribution < 1.29 is 19.1 Å². The zero-order valence-electron chi connectivity index (χ0n) is 13.5. The maximum absolute atomic E-state index is 11.9. The van der Waals surface area contributed by atoms with Crippen LogP contribution in [0.1, 0.15) is 39.2 Å². The highest BCUT2D eigenvalue weighted by Crippen LogP contribution is 2.18. The minimum atomic E-state index is -0.461. The molecule has 0 aliphatic rings. The molecule has 2 atom stereocenters. The van der Waals surface area contributed by atoms with Crippen LogP contribution in [0.25, 0.3) is 6.08 Å². The summed E-state index contributed by atoms with van der Waals surface area (Å²) in [4.78, 5) is 23.8. The van der Waals surface area contributed by atoms with E-state index in [1.807, 2.05) is 44.2 Å². The van der Waals surface area contributed by atoms with Gasteiger partial charge < -0.3 is 9.47 Å². The summed E-state index contributed by atoms with van der Waals surface area (Å²) in [5.41, 5.74) is 0.921. The summed E-state index contributed by atoms with van der Waals surface area (Å²) in [5, 5.41) is 0. The fraction of sp³-hybridized carbons (Fsp3) is 0.444. The van der Waals surface area contributed by atoms with E-state index in [4.69, 9.17) is 9.47 Å². The van der Waals surface area contributed by atoms with Crippen LogP contribution in [-0.2, 0) is 19.1 Å². The summed E-state index contributed by atoms with van der Waals surface area (Å²) in [6, 6.07) is 9.50. The van der Waals surface area contributed by atoms with E-state index in [-0.39, 0.29) is 5.97 Å². The van der Waals surface area contributed by atoms with E-state index in [9.17, 15) is 9.59 Å². The Morgan fingerprint density at radius 2 is 1.77 bits per heavy atom. The SMILES string of the molecule is CCOC(=O)C(CC)C(CC)OC(=O)/C=C/c1ccccc1. The Morgan fingerprint density at radius 3 is 2.32 bits per heavy atom. The van der Waals surface area contributed by atoms with Crippen molar-refractivity contribution in [2.75, 3.05) is 6.61 Å². The van der Waals surface area contributed by atoms with Gasteiger partial charge in [-0.15, -0.1) is 0 Å². The van der Waals surface area contributed by atoms with E-state index in [0.717, 1.165) is 5.56 Å². The second-order valence-corrected chi connectivity index (χ2v) is 4.89. The average molecular weight is 304 g/mol. The Kier molecular flexibility index (Phi) is 7.97. The molecule has 0 saturated carbocycles. The van der Waals surface area contributed by atoms with Crippen molar-refractivity contribution in [2.24, 2.45) is 5.92 Å². The Hall–Kier alpha value is -2.10. The smallest absolute Gasteiger partial charge is 0.331 e. The molecule has 0 radical (unpaired) electrons. The number of esters is 2. The normalized spacial score (nSPS) is 13.6. The Morgan fingerprint density at radius 1 is 1.09 bits per heavy atom. The van der Waals surface area contributed by atoms with E-state index in [1.54, 1.807) is 13.0 Å². The monoisotopic (exact) mass is 304 g/mol. The molecule has 4 heteroatoms. The van der Waals surface area contributed by atoms with Crippen molar-refractivity contribution in [3.63, 3.8) is 0 Å². The number of hydrogen-bond acceptors (Lipinski definition) is 4. The highest BCUT2D eigenvalue weighted by atomic mass is 16.6. The van der Waals surface area contributed by atoms with Crippen molar-refractivity contribution in [2.45, 2.75) is 39.7 Å². The summed E-state index contributed by atoms with van der Waals surface area (Å²) in [5.74, 6) is -1.17. The Balaban J connectivity index is 2.66. The first-order chi connectivity index (χ1) is 10.6. The molecule has 1 aromatic rings. The molecular formula is C18H24O4. The molecule has 0 N–H and O–H groups in total. The minimum Gasteiger partial charge on any atom is -0.466 e. The van der Waals surface area contributed by atoms with Crippen LogP contribution in [0.5, 0.6) is 0 Å². The molecule has 1 aromatic carbocycles. The van der Waals surface area contributed by atoms with Crippen molar-refractivity contribution in [3.8, 4) is 0 Å². The van der Waals surface area contributed by atoms with Gasteiger partial charge in [-0.05, 0) is 31.4 Å². The fourth-order valence-corrected chi connectivity index (χ4v) is 2.20. The van der Waals surface area contributed by atoms with Crippen molar-refractivity contribution in [1.82, 2.24) is 0 Å². The first-order valence-electron chi connectivity index (χ1n) is 7.72. The van der Waals surface area contributed by atoms with E-state index in [0.29, 0.717) is 19.4 Å². The number of rotatable bonds is 8. The zero-order valence-corrected chi connectivity index (χ0v) is 13.5. The lowest BCUT2D eigenvalue weighted by atomic mass is 9.97. The standard InChI is InChI=1S/C18H24O4/c1-4-15(18(20)21-6-3)16(5-2)22-17(19)13-12-14-10-8-7-9-11-14/h7-13,15-16H,4-6H2,1-3H3/b13-12+. The highest BCUT2D eigenvalue weighted by Gasteiger charge is 2.29. The molecule has 0 amide bonds. The highest BCUT2D eigenvalue weighted by molar-refractivity contribution is 5.87. The predicted octanol–water partition coefficient (Wildman–Crippen LogP) is 3.61. The predicted molar refractivity (Wildman–Crippen MR) is 86.1 cm³/mol. The average Bonchev–Trinajstić information content (AvgIpc) is 2.54. The largest absolute Gasteiger partial charge is 0.466 e. The molecule has 4 nitrogen and oxygen atoms in total. The van der Waals surface area contributed by atoms with E-state index in [2.05, 4.69) is 0 Å². The molecule has 1 rings (SSSR count). The van der Waals surface area contributed by atoms with Crippen LogP contribution >= 0.6 is 0 Å². The molecule has 0 heterocycles. The van der Waals surface area contributed by atoms with Crippen molar-refractivity contribution in [1.29, 1.82) is 0 Å². The Labute approximate surface area is 132 Å². The van der Waals surface area contributed by atoms with Crippen LogP contribution in [0, 0.1) is 5.92 Å². The van der Waals surface area contributed by atoms with Gasteiger partial charge in [0.25, 0.3) is 0 Å². The molecule has 0 aliphatic heterocycles. The number of ether oxygens (including phenoxy) is 2. The van der Waals surface area contributed by atoms with Crippen LogP contribution in [0.4, 0.5) is 0 Å². The lowest BCUT2D eigenvalue weighted by Gasteiger charge is -2.23. The van der Waals surface area contributed by atoms with Crippen LogP contribution in [0.15, 0.2) is 36.4 Å². The molecule has 22 heavy (non-hydrogen) atoms. The molecule has 0 spiro atoms. The van der Waals surface area contributed by atoms with Gasteiger partial charge >= 0.3 is 11.9 Å². The third-order valence-corrected chi connectivity index (χ3v) is 3.36. The summed E-state index contributed by atoms with van der Waals surface area (Å²) < 4.78 is 10.5. The molecule has 0 saturated heterocycles. The molecule has 0 fully saturated rings. The maximum atomic E-state index is 11.9. The van der Waals surface area contributed by atoms with Gasteiger partial charge in [-0.1, -0.05) is 44.2 Å². The second-order valence-electron chi connectivity index (χ2n) is 4.89. The zero-order chi connectivity index (χ0) is 16.4. The molecule has 2 unspecified atom stereocenters. The van der Waals surface area contributed by atoms with Gasteiger partial charge in [-0.3, -0.25) is 4.79 Å². The number of carbonyl (C=O) groups excluding carboxylic acids is 2. The van der Waals surface area contributed by atoms with Gasteiger partial charge in [0.05, 0.1) is 12.5 Å². The molecule has 120 valence electrons. The van der Waals surface area contributed by atoms with Crippen LogP contribution < -0.4 is 0 Å². The third-order valence-electron chi connectivity index (χ3n) is 3.36. The number of hydrogen-bond donors (Lipinski definition) is 0. The van der Waals surface area contributed by atoms with Gasteiger partial charge in [-0.25, -0.2) is 4.79 Å². The van der Waals surface area contributed by atoms with Gasteiger partial charge in [0, 0.05) is 6.08 Å². The van der Waals surface area contributed by atoms with Crippen molar-refractivity contribution >= 4 is 18.0 Å². The van der Waals surface area contributed by atoms with Crippen LogP contribution in [0.3, 0.4) is 0 Å². The van der Waals surface area contributed by atoms with Gasteiger partial charge in [0.1, 0.15) is 6.10 Å². The van der Waals surface area contributed by atoms with Gasteiger partial charge in [0.2, 0.25) is 0 Å². The molecule has 0 bridgehead atoms. The first kappa shape index (κ1) is 18.0. The summed E-state index contributed by atoms with van der Waals surface area (Å²) in [7, 11) is 0. The molecule has 0 aromatic heterocycles. The quantitative estimate of drug-likeness (QED) is 0.544. The van der Waals surface area contributed by atoms with Gasteiger partial charge in [-0.2, -0.15) is 0 Å². The van der Waals surface area contributed by atoms with Crippen LogP contribution in [-0.4, -0.2) is 24.6 Å². The lowest BCUT2D eigenvalue weighted by molar-refractivity contribution is -0.159. The van der Waals surface area contributed by atoms with Crippen molar-refractivity contribution in [3.05, 3.63) is 42.0 Å². The number of carbonyl (C=O) groups is 2. The van der Waals surface area contributed by atoms with Crippen LogP contribution in [0.2, 0.25) is 0 Å².